The molecule has 27 heavy (non-hydrogen) atoms. The van der Waals surface area contributed by atoms with Gasteiger partial charge in [0.1, 0.15) is 6.61 Å². The summed E-state index contributed by atoms with van der Waals surface area (Å²) < 4.78 is 5.44. The molecule has 1 aliphatic rings. The van der Waals surface area contributed by atoms with Crippen molar-refractivity contribution in [3.63, 3.8) is 0 Å². The van der Waals surface area contributed by atoms with Crippen LogP contribution in [0.15, 0.2) is 48.5 Å². The molecule has 0 unspecified atom stereocenters. The number of alkyl carbamates (subject to hydrolysis) is 1. The Kier molecular flexibility index (Phi) is 8.85. The minimum absolute atomic E-state index is 0.129. The van der Waals surface area contributed by atoms with Crippen molar-refractivity contribution in [3.05, 3.63) is 59.7 Å². The summed E-state index contributed by atoms with van der Waals surface area (Å²) in [6.45, 7) is 6.13. The molecule has 2 aromatic rings. The number of hydrogen-bond donors (Lipinski definition) is 2. The van der Waals surface area contributed by atoms with Gasteiger partial charge in [0.05, 0.1) is 0 Å². The topological polar surface area (TPSA) is 64.3 Å². The SMILES string of the molecule is CCCCN.CCCCNC(=O)OCC1c2ccccc2-c2ccccc21. The number of nitrogens with one attached hydrogen (secondary N) is 1. The molecule has 0 heterocycles. The van der Waals surface area contributed by atoms with E-state index in [0.717, 1.165) is 19.4 Å². The molecule has 0 spiro atoms. The fourth-order valence-electron chi connectivity index (χ4n) is 3.22. The first-order valence-corrected chi connectivity index (χ1v) is 10.0. The number of carbonyl (C=O) groups excluding carboxylic acids is 1. The van der Waals surface area contributed by atoms with Crippen LogP contribution in [0.3, 0.4) is 0 Å². The van der Waals surface area contributed by atoms with E-state index in [1.54, 1.807) is 0 Å². The first-order chi connectivity index (χ1) is 13.2. The van der Waals surface area contributed by atoms with Crippen molar-refractivity contribution in [2.75, 3.05) is 19.7 Å². The Morgan fingerprint density at radius 3 is 2.00 bits per heavy atom. The highest BCUT2D eigenvalue weighted by Crippen LogP contribution is 2.44. The van der Waals surface area contributed by atoms with E-state index in [2.05, 4.69) is 55.6 Å². The van der Waals surface area contributed by atoms with Gasteiger partial charge in [0.2, 0.25) is 0 Å². The van der Waals surface area contributed by atoms with Crippen molar-refractivity contribution in [2.24, 2.45) is 5.73 Å². The lowest BCUT2D eigenvalue weighted by molar-refractivity contribution is 0.143. The van der Waals surface area contributed by atoms with Gasteiger partial charge in [0, 0.05) is 12.5 Å². The number of hydrogen-bond acceptors (Lipinski definition) is 3. The molecule has 1 amide bonds. The Bertz CT molecular complexity index is 668. The summed E-state index contributed by atoms with van der Waals surface area (Å²) in [5.74, 6) is 0.129. The molecule has 0 aliphatic heterocycles. The number of carbonyl (C=O) groups is 1. The van der Waals surface area contributed by atoms with Crippen molar-refractivity contribution in [1.82, 2.24) is 5.32 Å². The number of unbranched alkanes of at least 4 members (excludes halogenated alkanes) is 2. The molecule has 0 saturated carbocycles. The van der Waals surface area contributed by atoms with Gasteiger partial charge in [-0.1, -0.05) is 75.2 Å². The van der Waals surface area contributed by atoms with Gasteiger partial charge in [-0.3, -0.25) is 0 Å². The highest BCUT2D eigenvalue weighted by Gasteiger charge is 2.28. The maximum Gasteiger partial charge on any atom is 0.407 e. The van der Waals surface area contributed by atoms with Gasteiger partial charge in [-0.25, -0.2) is 4.79 Å². The number of ether oxygens (including phenoxy) is 1. The van der Waals surface area contributed by atoms with Gasteiger partial charge in [-0.2, -0.15) is 0 Å². The van der Waals surface area contributed by atoms with Crippen LogP contribution >= 0.6 is 0 Å². The standard InChI is InChI=1S/C19H21NO2.C4H11N/c1-2-3-12-20-19(21)22-13-18-16-10-6-4-8-14(16)15-9-5-7-11-17(15)18;1-2-3-4-5/h4-11,18H,2-3,12-13H2,1H3,(H,20,21);2-5H2,1H3. The molecule has 4 heteroatoms. The van der Waals surface area contributed by atoms with E-state index in [-0.39, 0.29) is 12.0 Å². The van der Waals surface area contributed by atoms with Gasteiger partial charge in [-0.15, -0.1) is 0 Å². The van der Waals surface area contributed by atoms with E-state index >= 15 is 0 Å². The van der Waals surface area contributed by atoms with E-state index in [1.807, 2.05) is 12.1 Å². The summed E-state index contributed by atoms with van der Waals surface area (Å²) in [4.78, 5) is 11.8. The molecule has 0 saturated heterocycles. The Morgan fingerprint density at radius 1 is 0.963 bits per heavy atom. The fourth-order valence-corrected chi connectivity index (χ4v) is 3.22. The predicted molar refractivity (Wildman–Crippen MR) is 112 cm³/mol. The Labute approximate surface area is 163 Å². The van der Waals surface area contributed by atoms with Crippen molar-refractivity contribution in [2.45, 2.75) is 45.4 Å². The lowest BCUT2D eigenvalue weighted by atomic mass is 9.98. The van der Waals surface area contributed by atoms with Gasteiger partial charge in [0.25, 0.3) is 0 Å². The second-order valence-electron chi connectivity index (χ2n) is 6.75. The first kappa shape index (κ1) is 21.0. The zero-order valence-electron chi connectivity index (χ0n) is 16.5. The number of benzene rings is 2. The monoisotopic (exact) mass is 368 g/mol. The normalized spacial score (nSPS) is 11.8. The van der Waals surface area contributed by atoms with Crippen LogP contribution in [0.1, 0.15) is 56.6 Å². The molecule has 2 aromatic carbocycles. The van der Waals surface area contributed by atoms with E-state index < -0.39 is 0 Å². The molecule has 0 aromatic heterocycles. The summed E-state index contributed by atoms with van der Waals surface area (Å²) in [6.07, 6.45) is 4.10. The van der Waals surface area contributed by atoms with Gasteiger partial charge >= 0.3 is 6.09 Å². The van der Waals surface area contributed by atoms with Crippen molar-refractivity contribution >= 4 is 6.09 Å². The van der Waals surface area contributed by atoms with Crippen LogP contribution in [0.25, 0.3) is 11.1 Å². The number of amides is 1. The molecule has 3 rings (SSSR count). The second kappa shape index (κ2) is 11.4. The van der Waals surface area contributed by atoms with E-state index in [1.165, 1.54) is 35.1 Å². The largest absolute Gasteiger partial charge is 0.449 e. The smallest absolute Gasteiger partial charge is 0.407 e. The van der Waals surface area contributed by atoms with Crippen LogP contribution < -0.4 is 11.1 Å². The molecule has 146 valence electrons. The maximum atomic E-state index is 11.8. The summed E-state index contributed by atoms with van der Waals surface area (Å²) in [5, 5.41) is 2.79. The Balaban J connectivity index is 0.000000465. The van der Waals surface area contributed by atoms with E-state index in [4.69, 9.17) is 10.5 Å². The Hall–Kier alpha value is -2.33. The van der Waals surface area contributed by atoms with Crippen molar-refractivity contribution in [1.29, 1.82) is 0 Å². The second-order valence-corrected chi connectivity index (χ2v) is 6.75. The molecule has 1 aliphatic carbocycles. The lowest BCUT2D eigenvalue weighted by Gasteiger charge is -2.14. The molecule has 4 nitrogen and oxygen atoms in total. The predicted octanol–water partition coefficient (Wildman–Crippen LogP) is 5.07. The molecule has 0 bridgehead atoms. The molecular weight excluding hydrogens is 336 g/mol. The molecular formula is C23H32N2O2. The molecule has 0 radical (unpaired) electrons. The highest BCUT2D eigenvalue weighted by molar-refractivity contribution is 5.79. The van der Waals surface area contributed by atoms with Gasteiger partial charge < -0.3 is 15.8 Å². The molecule has 0 atom stereocenters. The quantitative estimate of drug-likeness (QED) is 0.671. The van der Waals surface area contributed by atoms with E-state index in [9.17, 15) is 4.79 Å². The number of fused-ring (bicyclic) bond motifs is 3. The van der Waals surface area contributed by atoms with Crippen LogP contribution in [0.4, 0.5) is 4.79 Å². The molecule has 3 N–H and O–H groups in total. The van der Waals surface area contributed by atoms with Gasteiger partial charge in [-0.05, 0) is 41.6 Å². The minimum atomic E-state index is -0.324. The van der Waals surface area contributed by atoms with Crippen LogP contribution in [-0.4, -0.2) is 25.8 Å². The number of nitrogens with two attached hydrogens (primary N) is 1. The average Bonchev–Trinajstić information content (AvgIpc) is 3.02. The van der Waals surface area contributed by atoms with Crippen molar-refractivity contribution in [3.8, 4) is 11.1 Å². The minimum Gasteiger partial charge on any atom is -0.449 e. The average molecular weight is 369 g/mol. The summed E-state index contributed by atoms with van der Waals surface area (Å²) in [6, 6.07) is 16.7. The summed E-state index contributed by atoms with van der Waals surface area (Å²) >= 11 is 0. The van der Waals surface area contributed by atoms with Crippen LogP contribution in [-0.2, 0) is 4.74 Å². The van der Waals surface area contributed by atoms with Crippen molar-refractivity contribution < 1.29 is 9.53 Å². The van der Waals surface area contributed by atoms with Crippen LogP contribution in [0, 0.1) is 0 Å². The van der Waals surface area contributed by atoms with Crippen LogP contribution in [0.5, 0.6) is 0 Å². The molecule has 0 fully saturated rings. The fraction of sp³-hybridized carbons (Fsp3) is 0.435. The van der Waals surface area contributed by atoms with Crippen LogP contribution in [0.2, 0.25) is 0 Å². The maximum absolute atomic E-state index is 11.8. The first-order valence-electron chi connectivity index (χ1n) is 10.0. The third-order valence-electron chi connectivity index (χ3n) is 4.70. The lowest BCUT2D eigenvalue weighted by Crippen LogP contribution is -2.26. The Morgan fingerprint density at radius 2 is 1.52 bits per heavy atom. The zero-order chi connectivity index (χ0) is 19.5. The zero-order valence-corrected chi connectivity index (χ0v) is 16.5. The summed E-state index contributed by atoms with van der Waals surface area (Å²) in [7, 11) is 0. The van der Waals surface area contributed by atoms with E-state index in [0.29, 0.717) is 13.2 Å². The van der Waals surface area contributed by atoms with Gasteiger partial charge in [0.15, 0.2) is 0 Å². The third kappa shape index (κ3) is 5.83. The number of rotatable bonds is 7. The summed E-state index contributed by atoms with van der Waals surface area (Å²) in [5.41, 5.74) is 10.1. The highest BCUT2D eigenvalue weighted by atomic mass is 16.5. The third-order valence-corrected chi connectivity index (χ3v) is 4.70.